The molecule has 12 heteroatoms. The van der Waals surface area contributed by atoms with Crippen molar-refractivity contribution >= 4 is 66.2 Å². The van der Waals surface area contributed by atoms with Gasteiger partial charge < -0.3 is 0 Å². The Morgan fingerprint density at radius 3 is 0.357 bits per heavy atom. The first-order valence-electron chi connectivity index (χ1n) is 42.7. The fourth-order valence-electron chi connectivity index (χ4n) is 17.4. The Kier molecular flexibility index (Phi) is 21.6. The first kappa shape index (κ1) is 80.1. The Hall–Kier alpha value is -15.7. The third-order valence-corrected chi connectivity index (χ3v) is 23.2. The van der Waals surface area contributed by atoms with E-state index >= 15 is 0 Å². The number of fused-ring (bicyclic) bond motifs is 6. The monoisotopic (exact) mass is 1630 g/mol. The molecule has 0 N–H and O–H groups in total. The van der Waals surface area contributed by atoms with E-state index in [2.05, 4.69) is 301 Å². The number of aryl methyl sites for hydroxylation is 12. The zero-order valence-electron chi connectivity index (χ0n) is 72.5. The Morgan fingerprint density at radius 2 is 0.230 bits per heavy atom. The average molecular weight is 1630 g/mol. The van der Waals surface area contributed by atoms with Crippen LogP contribution in [0.25, 0.3) is 201 Å². The minimum atomic E-state index is 0.865. The Bertz CT molecular complexity index is 7460. The molecule has 6 aromatic heterocycles. The molecule has 0 amide bonds. The normalized spacial score (nSPS) is 11.3. The standard InChI is InChI=1S/3C38H30N4/c1-23-20-26(4)34-31(21-23)39-35(27-11-7-5-8-12-27)38(42-34)30-17-15-29(16-18-30)36-37(28-13-9-6-10-14-28)41-33-25(3)19-24(2)22-32(33)40-36;1-23-19-25(3)33-31(21-23)39-35(37(41-33)27-11-7-5-8-12-27)29-15-17-30(18-16-29)36-38(28-13-9-6-10-14-28)42-34-26(4)20-24(2)22-32(34)40-36;1-23-19-25(3)33-31(21-23)39-35(27-11-7-5-8-12-27)37(41-33)29-15-17-30(18-16-29)38-36(28-13-9-6-10-14-28)40-32-22-24(2)20-26(4)34(32)42-38/h3*5-22H,1-4H3. The van der Waals surface area contributed by atoms with Crippen LogP contribution < -0.4 is 0 Å². The number of rotatable bonds is 12. The molecule has 0 bridgehead atoms. The van der Waals surface area contributed by atoms with Gasteiger partial charge in [0.2, 0.25) is 0 Å². The number of nitrogens with zero attached hydrogens (tertiary/aromatic N) is 12. The van der Waals surface area contributed by atoms with Gasteiger partial charge in [-0.2, -0.15) is 0 Å². The third-order valence-electron chi connectivity index (χ3n) is 23.2. The second-order valence-electron chi connectivity index (χ2n) is 33.2. The lowest BCUT2D eigenvalue weighted by Gasteiger charge is -2.14. The molecule has 0 saturated carbocycles. The van der Waals surface area contributed by atoms with Crippen molar-refractivity contribution in [3.05, 3.63) is 394 Å². The van der Waals surface area contributed by atoms with Crippen LogP contribution in [-0.4, -0.2) is 59.8 Å². The molecule has 21 aromatic rings. The highest BCUT2D eigenvalue weighted by atomic mass is 14.9. The molecule has 21 rings (SSSR count). The summed E-state index contributed by atoms with van der Waals surface area (Å²) in [5.74, 6) is 0. The van der Waals surface area contributed by atoms with E-state index in [1.54, 1.807) is 0 Å². The SMILES string of the molecule is Cc1cc(C)c2nc(-c3ccc(-c4nc5c(C)cc(C)cc5nc4-c4ccccc4)cc3)c(-c3ccccc3)nc2c1.Cc1cc(C)c2nc(-c3ccccc3)c(-c3ccc(-c4nc5c(C)cc(C)cc5nc4-c4ccccc4)cc3)nc2c1.Cc1cc(C)c2nc(-c3ccccc3)c(-c3ccc(-c4nc5cc(C)cc(C)c5nc4-c4ccccc4)cc3)nc2c1. The van der Waals surface area contributed by atoms with E-state index in [9.17, 15) is 0 Å². The molecule has 0 aliphatic heterocycles. The van der Waals surface area contributed by atoms with Crippen LogP contribution in [0.2, 0.25) is 0 Å². The van der Waals surface area contributed by atoms with Crippen molar-refractivity contribution in [1.82, 2.24) is 59.8 Å². The van der Waals surface area contributed by atoms with Gasteiger partial charge in [-0.25, -0.2) is 59.8 Å². The molecule has 15 aromatic carbocycles. The van der Waals surface area contributed by atoms with Crippen LogP contribution in [-0.2, 0) is 0 Å². The summed E-state index contributed by atoms with van der Waals surface area (Å²) in [5, 5.41) is 0. The van der Waals surface area contributed by atoms with Crippen molar-refractivity contribution in [3.63, 3.8) is 0 Å². The predicted octanol–water partition coefficient (Wildman–Crippen LogP) is 28.4. The van der Waals surface area contributed by atoms with Crippen LogP contribution in [0, 0.1) is 83.1 Å². The molecule has 0 spiro atoms. The van der Waals surface area contributed by atoms with Gasteiger partial charge in [0, 0.05) is 66.8 Å². The molecule has 0 atom stereocenters. The Morgan fingerprint density at radius 1 is 0.119 bits per heavy atom. The van der Waals surface area contributed by atoms with E-state index in [0.29, 0.717) is 0 Å². The molecule has 606 valence electrons. The molecule has 0 radical (unpaired) electrons. The van der Waals surface area contributed by atoms with Gasteiger partial charge in [-0.1, -0.05) is 291 Å². The summed E-state index contributed by atoms with van der Waals surface area (Å²) in [5.41, 5.74) is 47.7. The van der Waals surface area contributed by atoms with Crippen LogP contribution in [0.4, 0.5) is 0 Å². The maximum absolute atomic E-state index is 5.20. The number of benzene rings is 15. The lowest BCUT2D eigenvalue weighted by molar-refractivity contribution is 1.25. The van der Waals surface area contributed by atoms with E-state index in [0.717, 1.165) is 235 Å². The minimum absolute atomic E-state index is 0.865. The summed E-state index contributed by atoms with van der Waals surface area (Å²) in [6.07, 6.45) is 0. The molecule has 0 unspecified atom stereocenters. The second kappa shape index (κ2) is 34.0. The van der Waals surface area contributed by atoms with E-state index in [4.69, 9.17) is 59.8 Å². The van der Waals surface area contributed by atoms with Crippen LogP contribution in [0.15, 0.2) is 328 Å². The molecule has 0 aliphatic carbocycles. The second-order valence-corrected chi connectivity index (χ2v) is 33.2. The minimum Gasteiger partial charge on any atom is -0.244 e. The molecular formula is C114H90N12. The summed E-state index contributed by atoms with van der Waals surface area (Å²) in [6, 6.07) is 113. The van der Waals surface area contributed by atoms with Crippen molar-refractivity contribution in [2.24, 2.45) is 0 Å². The van der Waals surface area contributed by atoms with Gasteiger partial charge in [0.15, 0.2) is 0 Å². The largest absolute Gasteiger partial charge is 0.244 e. The van der Waals surface area contributed by atoms with Gasteiger partial charge in [-0.3, -0.25) is 0 Å². The topological polar surface area (TPSA) is 155 Å². The highest BCUT2D eigenvalue weighted by molar-refractivity contribution is 5.96. The number of aromatic nitrogens is 12. The first-order chi connectivity index (χ1) is 61.3. The first-order valence-corrected chi connectivity index (χ1v) is 42.7. The zero-order valence-corrected chi connectivity index (χ0v) is 72.5. The van der Waals surface area contributed by atoms with Gasteiger partial charge in [-0.05, 0) is 186 Å². The lowest BCUT2D eigenvalue weighted by Crippen LogP contribution is -1.99. The van der Waals surface area contributed by atoms with Crippen LogP contribution in [0.5, 0.6) is 0 Å². The highest BCUT2D eigenvalue weighted by Crippen LogP contribution is 2.42. The van der Waals surface area contributed by atoms with E-state index < -0.39 is 0 Å². The van der Waals surface area contributed by atoms with Crippen molar-refractivity contribution in [3.8, 4) is 135 Å². The molecular weight excluding hydrogens is 1540 g/mol. The van der Waals surface area contributed by atoms with Crippen LogP contribution >= 0.6 is 0 Å². The average Bonchev–Trinajstić information content (AvgIpc) is 0.758. The maximum Gasteiger partial charge on any atom is 0.0973 e. The predicted molar refractivity (Wildman–Crippen MR) is 520 cm³/mol. The molecule has 12 nitrogen and oxygen atoms in total. The molecule has 0 aliphatic rings. The Balaban J connectivity index is 0.000000123. The zero-order chi connectivity index (χ0) is 86.4. The lowest BCUT2D eigenvalue weighted by atomic mass is 9.99. The summed E-state index contributed by atoms with van der Waals surface area (Å²) < 4.78 is 0. The quantitative estimate of drug-likeness (QED) is 0.114. The summed E-state index contributed by atoms with van der Waals surface area (Å²) in [4.78, 5) is 62.1. The molecule has 0 saturated heterocycles. The smallest absolute Gasteiger partial charge is 0.0973 e. The fraction of sp³-hybridized carbons (Fsp3) is 0.105. The summed E-state index contributed by atoms with van der Waals surface area (Å²) in [6.45, 7) is 25.2. The van der Waals surface area contributed by atoms with Gasteiger partial charge >= 0.3 is 0 Å². The molecule has 6 heterocycles. The van der Waals surface area contributed by atoms with E-state index in [1.807, 2.05) is 109 Å². The van der Waals surface area contributed by atoms with Crippen molar-refractivity contribution in [2.75, 3.05) is 0 Å². The van der Waals surface area contributed by atoms with Gasteiger partial charge in [-0.15, -0.1) is 0 Å². The maximum atomic E-state index is 5.20. The van der Waals surface area contributed by atoms with Crippen molar-refractivity contribution < 1.29 is 0 Å². The van der Waals surface area contributed by atoms with Crippen molar-refractivity contribution in [1.29, 1.82) is 0 Å². The van der Waals surface area contributed by atoms with E-state index in [1.165, 1.54) is 33.4 Å². The third kappa shape index (κ3) is 16.1. The highest BCUT2D eigenvalue weighted by Gasteiger charge is 2.24. The van der Waals surface area contributed by atoms with Gasteiger partial charge in [0.25, 0.3) is 0 Å². The number of hydrogen-bond acceptors (Lipinski definition) is 12. The fourth-order valence-corrected chi connectivity index (χ4v) is 17.4. The van der Waals surface area contributed by atoms with Gasteiger partial charge in [0.05, 0.1) is 135 Å². The van der Waals surface area contributed by atoms with Gasteiger partial charge in [0.1, 0.15) is 0 Å². The van der Waals surface area contributed by atoms with E-state index in [-0.39, 0.29) is 0 Å². The molecule has 126 heavy (non-hydrogen) atoms. The van der Waals surface area contributed by atoms with Crippen LogP contribution in [0.3, 0.4) is 0 Å². The number of hydrogen-bond donors (Lipinski definition) is 0. The van der Waals surface area contributed by atoms with Crippen LogP contribution in [0.1, 0.15) is 66.8 Å². The van der Waals surface area contributed by atoms with Crippen molar-refractivity contribution in [2.45, 2.75) is 83.1 Å². The Labute approximate surface area is 733 Å². The summed E-state index contributed by atoms with van der Waals surface area (Å²) in [7, 11) is 0. The summed E-state index contributed by atoms with van der Waals surface area (Å²) >= 11 is 0. The molecule has 0 fully saturated rings.